The van der Waals surface area contributed by atoms with E-state index in [4.69, 9.17) is 5.73 Å². The van der Waals surface area contributed by atoms with Crippen molar-refractivity contribution in [2.45, 2.75) is 31.3 Å². The van der Waals surface area contributed by atoms with E-state index in [0.717, 1.165) is 5.56 Å². The number of benzene rings is 2. The van der Waals surface area contributed by atoms with Crippen LogP contribution in [0.2, 0.25) is 0 Å². The highest BCUT2D eigenvalue weighted by Crippen LogP contribution is 2.26. The van der Waals surface area contributed by atoms with E-state index in [0.29, 0.717) is 17.1 Å². The van der Waals surface area contributed by atoms with Crippen LogP contribution in [0.4, 0.5) is 5.69 Å². The van der Waals surface area contributed by atoms with Crippen molar-refractivity contribution in [3.05, 3.63) is 60.2 Å². The number of anilines is 1. The number of hydrogen-bond acceptors (Lipinski definition) is 3. The molecule has 0 saturated carbocycles. The molecule has 0 bridgehead atoms. The molecular weight excluding hydrogens is 284 g/mol. The van der Waals surface area contributed by atoms with E-state index in [-0.39, 0.29) is 6.04 Å². The topological polar surface area (TPSA) is 63.4 Å². The fourth-order valence-corrected chi connectivity index (χ4v) is 3.88. The van der Waals surface area contributed by atoms with Crippen molar-refractivity contribution in [1.82, 2.24) is 0 Å². The molecule has 0 aromatic heterocycles. The highest BCUT2D eigenvalue weighted by molar-refractivity contribution is 7.92. The van der Waals surface area contributed by atoms with Gasteiger partial charge < -0.3 is 5.73 Å². The molecule has 2 rings (SSSR count). The standard InChI is InChI=1S/C16H20N2O2S/c1-13(2)18(15-10-8-14(12-17)9-11-15)21(19,20)16-6-4-3-5-7-16/h3-11,13H,12,17H2,1-2H3. The average molecular weight is 304 g/mol. The van der Waals surface area contributed by atoms with Crippen molar-refractivity contribution in [2.75, 3.05) is 4.31 Å². The lowest BCUT2D eigenvalue weighted by molar-refractivity contribution is 0.584. The Kier molecular flexibility index (Phi) is 4.65. The van der Waals surface area contributed by atoms with Crippen molar-refractivity contribution in [2.24, 2.45) is 5.73 Å². The predicted molar refractivity (Wildman–Crippen MR) is 85.6 cm³/mol. The lowest BCUT2D eigenvalue weighted by Gasteiger charge is -2.28. The molecule has 0 saturated heterocycles. The van der Waals surface area contributed by atoms with E-state index >= 15 is 0 Å². The summed E-state index contributed by atoms with van der Waals surface area (Å²) in [4.78, 5) is 0.293. The highest BCUT2D eigenvalue weighted by atomic mass is 32.2. The number of nitrogens with two attached hydrogens (primary N) is 1. The summed E-state index contributed by atoms with van der Waals surface area (Å²) in [6.45, 7) is 4.15. The van der Waals surface area contributed by atoms with Gasteiger partial charge in [-0.3, -0.25) is 4.31 Å². The lowest BCUT2D eigenvalue weighted by Crippen LogP contribution is -2.37. The molecule has 0 amide bonds. The zero-order valence-corrected chi connectivity index (χ0v) is 13.0. The molecule has 5 heteroatoms. The summed E-state index contributed by atoms with van der Waals surface area (Å²) in [5.41, 5.74) is 7.20. The molecule has 0 atom stereocenters. The maximum atomic E-state index is 12.8. The van der Waals surface area contributed by atoms with E-state index in [1.54, 1.807) is 42.5 Å². The van der Waals surface area contributed by atoms with Crippen LogP contribution in [0.1, 0.15) is 19.4 Å². The summed E-state index contributed by atoms with van der Waals surface area (Å²) in [5.74, 6) is 0. The van der Waals surface area contributed by atoms with Crippen LogP contribution >= 0.6 is 0 Å². The van der Waals surface area contributed by atoms with E-state index < -0.39 is 10.0 Å². The molecule has 2 aromatic rings. The Labute approximate surface area is 126 Å². The van der Waals surface area contributed by atoms with Gasteiger partial charge in [0.25, 0.3) is 10.0 Å². The van der Waals surface area contributed by atoms with Crippen LogP contribution in [0.3, 0.4) is 0 Å². The van der Waals surface area contributed by atoms with E-state index in [1.807, 2.05) is 26.0 Å². The molecule has 2 N–H and O–H groups in total. The van der Waals surface area contributed by atoms with Gasteiger partial charge in [0.1, 0.15) is 0 Å². The number of rotatable bonds is 5. The Balaban J connectivity index is 2.48. The quantitative estimate of drug-likeness (QED) is 0.924. The molecule has 112 valence electrons. The normalized spacial score (nSPS) is 11.6. The van der Waals surface area contributed by atoms with Crippen molar-refractivity contribution >= 4 is 15.7 Å². The summed E-state index contributed by atoms with van der Waals surface area (Å²) < 4.78 is 27.1. The van der Waals surface area contributed by atoms with Crippen LogP contribution in [0.25, 0.3) is 0 Å². The summed E-state index contributed by atoms with van der Waals surface area (Å²) in [6.07, 6.45) is 0. The summed E-state index contributed by atoms with van der Waals surface area (Å²) in [5, 5.41) is 0. The van der Waals surface area contributed by atoms with Gasteiger partial charge in [-0.2, -0.15) is 0 Å². The van der Waals surface area contributed by atoms with Gasteiger partial charge >= 0.3 is 0 Å². The molecule has 2 aromatic carbocycles. The van der Waals surface area contributed by atoms with Crippen LogP contribution in [0, 0.1) is 0 Å². The Bertz CT molecular complexity index is 680. The first kappa shape index (κ1) is 15.5. The third-order valence-corrected chi connectivity index (χ3v) is 5.21. The van der Waals surface area contributed by atoms with Crippen molar-refractivity contribution in [1.29, 1.82) is 0 Å². The molecule has 0 aliphatic carbocycles. The molecule has 4 nitrogen and oxygen atoms in total. The first-order chi connectivity index (χ1) is 9.96. The van der Waals surface area contributed by atoms with Crippen molar-refractivity contribution in [3.63, 3.8) is 0 Å². The van der Waals surface area contributed by atoms with Gasteiger partial charge in [-0.05, 0) is 43.7 Å². The predicted octanol–water partition coefficient (Wildman–Crippen LogP) is 2.75. The summed E-state index contributed by atoms with van der Waals surface area (Å²) >= 11 is 0. The first-order valence-electron chi connectivity index (χ1n) is 6.85. The second-order valence-electron chi connectivity index (χ2n) is 5.08. The zero-order chi connectivity index (χ0) is 15.5. The third kappa shape index (κ3) is 3.25. The van der Waals surface area contributed by atoms with Gasteiger partial charge in [0.05, 0.1) is 10.6 Å². The van der Waals surface area contributed by atoms with Gasteiger partial charge in [0, 0.05) is 12.6 Å². The Morgan fingerprint density at radius 3 is 2.05 bits per heavy atom. The molecule has 0 fully saturated rings. The highest BCUT2D eigenvalue weighted by Gasteiger charge is 2.27. The van der Waals surface area contributed by atoms with Gasteiger partial charge in [-0.25, -0.2) is 8.42 Å². The van der Waals surface area contributed by atoms with Crippen LogP contribution in [0.5, 0.6) is 0 Å². The largest absolute Gasteiger partial charge is 0.326 e. The summed E-state index contributed by atoms with van der Waals surface area (Å²) in [6, 6.07) is 15.6. The Hall–Kier alpha value is -1.85. The minimum atomic E-state index is -3.57. The molecule has 0 unspecified atom stereocenters. The van der Waals surface area contributed by atoms with E-state index in [9.17, 15) is 8.42 Å². The minimum absolute atomic E-state index is 0.182. The number of sulfonamides is 1. The second kappa shape index (κ2) is 6.28. The van der Waals surface area contributed by atoms with Gasteiger partial charge in [0.2, 0.25) is 0 Å². The molecule has 0 radical (unpaired) electrons. The number of hydrogen-bond donors (Lipinski definition) is 1. The minimum Gasteiger partial charge on any atom is -0.326 e. The fraction of sp³-hybridized carbons (Fsp3) is 0.250. The van der Waals surface area contributed by atoms with Crippen LogP contribution in [-0.2, 0) is 16.6 Å². The molecule has 0 heterocycles. The van der Waals surface area contributed by atoms with Crippen LogP contribution < -0.4 is 10.0 Å². The van der Waals surface area contributed by atoms with E-state index in [1.165, 1.54) is 4.31 Å². The molecule has 0 aliphatic rings. The maximum Gasteiger partial charge on any atom is 0.264 e. The number of nitrogens with zero attached hydrogens (tertiary/aromatic N) is 1. The van der Waals surface area contributed by atoms with E-state index in [2.05, 4.69) is 0 Å². The van der Waals surface area contributed by atoms with Gasteiger partial charge in [-0.1, -0.05) is 30.3 Å². The molecule has 0 spiro atoms. The van der Waals surface area contributed by atoms with Crippen molar-refractivity contribution in [3.8, 4) is 0 Å². The third-order valence-electron chi connectivity index (χ3n) is 3.20. The Morgan fingerprint density at radius 1 is 1.00 bits per heavy atom. The second-order valence-corrected chi connectivity index (χ2v) is 6.89. The van der Waals surface area contributed by atoms with Crippen molar-refractivity contribution < 1.29 is 8.42 Å². The molecule has 0 aliphatic heterocycles. The lowest BCUT2D eigenvalue weighted by atomic mass is 10.2. The SMILES string of the molecule is CC(C)N(c1ccc(CN)cc1)S(=O)(=O)c1ccccc1. The monoisotopic (exact) mass is 304 g/mol. The van der Waals surface area contributed by atoms with Gasteiger partial charge in [0.15, 0.2) is 0 Å². The molecule has 21 heavy (non-hydrogen) atoms. The maximum absolute atomic E-state index is 12.8. The zero-order valence-electron chi connectivity index (χ0n) is 12.2. The van der Waals surface area contributed by atoms with Gasteiger partial charge in [-0.15, -0.1) is 0 Å². The average Bonchev–Trinajstić information content (AvgIpc) is 2.48. The molecular formula is C16H20N2O2S. The fourth-order valence-electron chi connectivity index (χ4n) is 2.20. The Morgan fingerprint density at radius 2 is 1.57 bits per heavy atom. The van der Waals surface area contributed by atoms with Crippen LogP contribution in [0.15, 0.2) is 59.5 Å². The van der Waals surface area contributed by atoms with Crippen LogP contribution in [-0.4, -0.2) is 14.5 Å². The smallest absolute Gasteiger partial charge is 0.264 e. The first-order valence-corrected chi connectivity index (χ1v) is 8.29. The summed E-state index contributed by atoms with van der Waals surface area (Å²) in [7, 11) is -3.57.